The van der Waals surface area contributed by atoms with E-state index in [1.165, 1.54) is 28.9 Å². The highest BCUT2D eigenvalue weighted by molar-refractivity contribution is 6.07. The summed E-state index contributed by atoms with van der Waals surface area (Å²) in [6.07, 6.45) is 1.95. The number of benzene rings is 3. The number of esters is 1. The number of aromatic nitrogens is 1. The molecule has 0 bridgehead atoms. The van der Waals surface area contributed by atoms with Crippen LogP contribution < -0.4 is 4.74 Å². The van der Waals surface area contributed by atoms with Gasteiger partial charge >= 0.3 is 5.97 Å². The van der Waals surface area contributed by atoms with Gasteiger partial charge in [0.1, 0.15) is 5.75 Å². The number of ether oxygens (including phenoxy) is 2. The summed E-state index contributed by atoms with van der Waals surface area (Å²) < 4.78 is 13.1. The molecule has 0 N–H and O–H groups in total. The van der Waals surface area contributed by atoms with E-state index in [2.05, 4.69) is 53.1 Å². The fourth-order valence-corrected chi connectivity index (χ4v) is 3.87. The molecular formula is C25H25NO3. The van der Waals surface area contributed by atoms with Gasteiger partial charge in [-0.05, 0) is 55.7 Å². The van der Waals surface area contributed by atoms with Crippen molar-refractivity contribution < 1.29 is 14.3 Å². The van der Waals surface area contributed by atoms with Crippen LogP contribution in [0, 0.1) is 6.92 Å². The van der Waals surface area contributed by atoms with E-state index in [-0.39, 0.29) is 5.97 Å². The Bertz CT molecular complexity index is 1110. The Kier molecular flexibility index (Phi) is 5.52. The molecular weight excluding hydrogens is 362 g/mol. The van der Waals surface area contributed by atoms with Crippen LogP contribution in [0.15, 0.2) is 66.7 Å². The predicted octanol–water partition coefficient (Wildman–Crippen LogP) is 5.75. The second kappa shape index (κ2) is 8.39. The molecule has 4 rings (SSSR count). The summed E-state index contributed by atoms with van der Waals surface area (Å²) in [6, 6.07) is 22.6. The van der Waals surface area contributed by atoms with Gasteiger partial charge in [0.25, 0.3) is 0 Å². The molecule has 0 aliphatic carbocycles. The first-order chi connectivity index (χ1) is 14.2. The minimum atomic E-state index is -0.343. The summed E-state index contributed by atoms with van der Waals surface area (Å²) in [7, 11) is 1.39. The van der Waals surface area contributed by atoms with E-state index in [1.807, 2.05) is 13.0 Å². The van der Waals surface area contributed by atoms with Crippen molar-refractivity contribution in [1.82, 2.24) is 4.57 Å². The van der Waals surface area contributed by atoms with Crippen LogP contribution >= 0.6 is 0 Å². The van der Waals surface area contributed by atoms with E-state index in [4.69, 9.17) is 9.47 Å². The zero-order valence-corrected chi connectivity index (χ0v) is 16.9. The lowest BCUT2D eigenvalue weighted by Gasteiger charge is -2.10. The minimum absolute atomic E-state index is 0.343. The van der Waals surface area contributed by atoms with E-state index in [1.54, 1.807) is 12.1 Å². The van der Waals surface area contributed by atoms with E-state index < -0.39 is 0 Å². The first kappa shape index (κ1) is 19.1. The Hall–Kier alpha value is -3.27. The summed E-state index contributed by atoms with van der Waals surface area (Å²) >= 11 is 0. The average molecular weight is 387 g/mol. The van der Waals surface area contributed by atoms with Crippen LogP contribution in [0.1, 0.15) is 28.8 Å². The van der Waals surface area contributed by atoms with Crippen molar-refractivity contribution in [2.24, 2.45) is 0 Å². The Balaban J connectivity index is 1.40. The number of para-hydroxylation sites is 2. The topological polar surface area (TPSA) is 40.5 Å². The number of carbonyl (C=O) groups excluding carboxylic acids is 1. The van der Waals surface area contributed by atoms with Gasteiger partial charge in [-0.15, -0.1) is 0 Å². The molecule has 4 heteroatoms. The summed E-state index contributed by atoms with van der Waals surface area (Å²) in [5.41, 5.74) is 4.05. The molecule has 4 nitrogen and oxygen atoms in total. The average Bonchev–Trinajstić information content (AvgIpc) is 3.06. The predicted molar refractivity (Wildman–Crippen MR) is 117 cm³/mol. The molecule has 0 atom stereocenters. The van der Waals surface area contributed by atoms with Crippen LogP contribution in [0.5, 0.6) is 5.75 Å². The van der Waals surface area contributed by atoms with Gasteiger partial charge in [0.2, 0.25) is 0 Å². The third-order valence-corrected chi connectivity index (χ3v) is 5.20. The van der Waals surface area contributed by atoms with Gasteiger partial charge < -0.3 is 14.0 Å². The van der Waals surface area contributed by atoms with Gasteiger partial charge in [-0.25, -0.2) is 4.79 Å². The van der Waals surface area contributed by atoms with Crippen molar-refractivity contribution in [3.63, 3.8) is 0 Å². The molecule has 3 aromatic carbocycles. The Morgan fingerprint density at radius 1 is 0.897 bits per heavy atom. The Labute approximate surface area is 170 Å². The molecule has 0 unspecified atom stereocenters. The third-order valence-electron chi connectivity index (χ3n) is 5.20. The van der Waals surface area contributed by atoms with Crippen molar-refractivity contribution in [3.8, 4) is 5.75 Å². The molecule has 0 aliphatic rings. The van der Waals surface area contributed by atoms with E-state index >= 15 is 0 Å². The lowest BCUT2D eigenvalue weighted by Crippen LogP contribution is -2.05. The number of fused-ring (bicyclic) bond motifs is 3. The smallest absolute Gasteiger partial charge is 0.337 e. The van der Waals surface area contributed by atoms with Crippen molar-refractivity contribution >= 4 is 27.8 Å². The number of carbonyl (C=O) groups is 1. The highest BCUT2D eigenvalue weighted by Gasteiger charge is 2.10. The van der Waals surface area contributed by atoms with Crippen LogP contribution in [-0.4, -0.2) is 24.3 Å². The number of nitrogens with zero attached hydrogens (tertiary/aromatic N) is 1. The molecule has 0 saturated carbocycles. The van der Waals surface area contributed by atoms with Gasteiger partial charge in [-0.3, -0.25) is 0 Å². The lowest BCUT2D eigenvalue weighted by atomic mass is 10.1. The maximum Gasteiger partial charge on any atom is 0.337 e. The molecule has 1 aromatic heterocycles. The Morgan fingerprint density at radius 3 is 2.21 bits per heavy atom. The molecule has 0 fully saturated rings. The van der Waals surface area contributed by atoms with Crippen molar-refractivity contribution in [2.75, 3.05) is 13.7 Å². The molecule has 148 valence electrons. The normalized spacial score (nSPS) is 11.1. The maximum absolute atomic E-state index is 11.8. The zero-order chi connectivity index (χ0) is 20.2. The fraction of sp³-hybridized carbons (Fsp3) is 0.240. The molecule has 0 aliphatic heterocycles. The number of aryl methyl sites for hydroxylation is 2. The lowest BCUT2D eigenvalue weighted by molar-refractivity contribution is 0.0600. The molecule has 0 spiro atoms. The van der Waals surface area contributed by atoms with Gasteiger partial charge in [0, 0.05) is 28.4 Å². The van der Waals surface area contributed by atoms with Gasteiger partial charge in [-0.2, -0.15) is 0 Å². The van der Waals surface area contributed by atoms with E-state index in [0.29, 0.717) is 17.9 Å². The van der Waals surface area contributed by atoms with Crippen molar-refractivity contribution in [1.29, 1.82) is 0 Å². The van der Waals surface area contributed by atoms with E-state index in [9.17, 15) is 4.79 Å². The number of hydrogen-bond acceptors (Lipinski definition) is 3. The summed E-state index contributed by atoms with van der Waals surface area (Å²) in [4.78, 5) is 11.8. The second-order valence-electron chi connectivity index (χ2n) is 7.27. The van der Waals surface area contributed by atoms with Crippen LogP contribution in [0.2, 0.25) is 0 Å². The van der Waals surface area contributed by atoms with Crippen LogP contribution in [-0.2, 0) is 11.3 Å². The SMILES string of the molecule is COC(=O)c1cc(C)cc(OCCCCn2c3ccccc3c3ccccc32)c1. The first-order valence-corrected chi connectivity index (χ1v) is 9.96. The Morgan fingerprint density at radius 2 is 1.55 bits per heavy atom. The quantitative estimate of drug-likeness (QED) is 0.299. The summed E-state index contributed by atoms with van der Waals surface area (Å²) in [5.74, 6) is 0.368. The first-order valence-electron chi connectivity index (χ1n) is 9.96. The fourth-order valence-electron chi connectivity index (χ4n) is 3.87. The minimum Gasteiger partial charge on any atom is -0.494 e. The number of rotatable bonds is 7. The summed E-state index contributed by atoms with van der Waals surface area (Å²) in [6.45, 7) is 3.50. The standard InChI is InChI=1S/C25H25NO3/c1-18-15-19(25(27)28-2)17-20(16-18)29-14-8-7-13-26-23-11-5-3-9-21(23)22-10-4-6-12-24(22)26/h3-6,9-12,15-17H,7-8,13-14H2,1-2H3. The second-order valence-corrected chi connectivity index (χ2v) is 7.27. The van der Waals surface area contributed by atoms with Gasteiger partial charge in [-0.1, -0.05) is 36.4 Å². The summed E-state index contributed by atoms with van der Waals surface area (Å²) in [5, 5.41) is 2.60. The maximum atomic E-state index is 11.8. The highest BCUT2D eigenvalue weighted by Crippen LogP contribution is 2.29. The largest absolute Gasteiger partial charge is 0.494 e. The van der Waals surface area contributed by atoms with Crippen LogP contribution in [0.3, 0.4) is 0 Å². The van der Waals surface area contributed by atoms with Gasteiger partial charge in [0.15, 0.2) is 0 Å². The molecule has 0 amide bonds. The van der Waals surface area contributed by atoms with Crippen LogP contribution in [0.4, 0.5) is 0 Å². The molecule has 29 heavy (non-hydrogen) atoms. The highest BCUT2D eigenvalue weighted by atomic mass is 16.5. The van der Waals surface area contributed by atoms with Crippen LogP contribution in [0.25, 0.3) is 21.8 Å². The number of unbranched alkanes of at least 4 members (excludes halogenated alkanes) is 1. The molecule has 1 heterocycles. The van der Waals surface area contributed by atoms with Crippen molar-refractivity contribution in [2.45, 2.75) is 26.3 Å². The number of methoxy groups -OCH3 is 1. The van der Waals surface area contributed by atoms with Crippen molar-refractivity contribution in [3.05, 3.63) is 77.9 Å². The number of hydrogen-bond donors (Lipinski definition) is 0. The molecule has 0 radical (unpaired) electrons. The van der Waals surface area contributed by atoms with E-state index in [0.717, 1.165) is 24.9 Å². The zero-order valence-electron chi connectivity index (χ0n) is 16.9. The molecule has 0 saturated heterocycles. The monoisotopic (exact) mass is 387 g/mol. The third kappa shape index (κ3) is 3.97. The van der Waals surface area contributed by atoms with Gasteiger partial charge in [0.05, 0.1) is 19.3 Å². The molecule has 4 aromatic rings.